The molecule has 1 amide bonds. The van der Waals surface area contributed by atoms with E-state index in [4.69, 9.17) is 0 Å². The number of carbonyl (C=O) groups excluding carboxylic acids is 1. The van der Waals surface area contributed by atoms with Crippen molar-refractivity contribution >= 4 is 22.5 Å². The van der Waals surface area contributed by atoms with Crippen LogP contribution in [0.2, 0.25) is 0 Å². The van der Waals surface area contributed by atoms with E-state index in [1.165, 1.54) is 18.4 Å². The summed E-state index contributed by atoms with van der Waals surface area (Å²) in [5.41, 5.74) is 4.03. The Morgan fingerprint density at radius 2 is 1.94 bits per heavy atom. The largest absolute Gasteiger partial charge is 0.317 e. The van der Waals surface area contributed by atoms with Gasteiger partial charge >= 0.3 is 0 Å². The summed E-state index contributed by atoms with van der Waals surface area (Å²) >= 11 is 0. The van der Waals surface area contributed by atoms with Gasteiger partial charge in [0.15, 0.2) is 0 Å². The quantitative estimate of drug-likeness (QED) is 0.496. The fraction of sp³-hybridized carbons (Fsp3) is 0.269. The molecule has 0 saturated carbocycles. The number of nitrogens with zero attached hydrogens (tertiary/aromatic N) is 3. The number of fused-ring (bicyclic) bond motifs is 1. The molecule has 1 aliphatic rings. The second-order valence-corrected chi connectivity index (χ2v) is 8.59. The zero-order valence-electron chi connectivity index (χ0n) is 18.2. The molecule has 0 bridgehead atoms. The highest BCUT2D eigenvalue weighted by Crippen LogP contribution is 2.25. The molecule has 2 N–H and O–H groups in total. The van der Waals surface area contributed by atoms with Crippen molar-refractivity contribution in [1.82, 2.24) is 20.1 Å². The van der Waals surface area contributed by atoms with Crippen LogP contribution >= 0.6 is 0 Å². The minimum absolute atomic E-state index is 0.132. The van der Waals surface area contributed by atoms with Gasteiger partial charge in [-0.25, -0.2) is 4.98 Å². The molecule has 0 atom stereocenters. The molecule has 0 unspecified atom stereocenters. The first-order chi connectivity index (χ1) is 15.6. The molecular formula is C26H27N5O. The molecule has 4 aromatic rings. The number of hydrogen-bond donors (Lipinski definition) is 2. The maximum atomic E-state index is 12.9. The highest BCUT2D eigenvalue weighted by molar-refractivity contribution is 6.04. The predicted molar refractivity (Wildman–Crippen MR) is 128 cm³/mol. The van der Waals surface area contributed by atoms with Crippen LogP contribution in [0.25, 0.3) is 21.9 Å². The Morgan fingerprint density at radius 3 is 2.75 bits per heavy atom. The van der Waals surface area contributed by atoms with Crippen molar-refractivity contribution in [3.8, 4) is 11.1 Å². The number of piperidine rings is 1. The lowest BCUT2D eigenvalue weighted by molar-refractivity contribution is 0.102. The average Bonchev–Trinajstić information content (AvgIpc) is 3.26. The monoisotopic (exact) mass is 425 g/mol. The molecule has 1 aliphatic heterocycles. The normalized spacial score (nSPS) is 14.5. The van der Waals surface area contributed by atoms with E-state index in [2.05, 4.69) is 38.9 Å². The predicted octanol–water partition coefficient (Wildman–Crippen LogP) is 4.43. The molecule has 1 fully saturated rings. The Hall–Kier alpha value is -3.51. The SMILES string of the molecule is Cn1cc(-c2ccc3cnc(NC(=O)c4cccc(CC5CCNCC5)c4)cc3c2)cn1. The van der Waals surface area contributed by atoms with Crippen molar-refractivity contribution in [3.63, 3.8) is 0 Å². The Bertz CT molecular complexity index is 1260. The van der Waals surface area contributed by atoms with Gasteiger partial charge in [0.05, 0.1) is 6.20 Å². The Morgan fingerprint density at radius 1 is 1.06 bits per heavy atom. The van der Waals surface area contributed by atoms with E-state index in [0.29, 0.717) is 17.3 Å². The zero-order valence-corrected chi connectivity index (χ0v) is 18.2. The molecule has 6 nitrogen and oxygen atoms in total. The summed E-state index contributed by atoms with van der Waals surface area (Å²) in [6.07, 6.45) is 9.04. The van der Waals surface area contributed by atoms with Crippen LogP contribution in [0, 0.1) is 5.92 Å². The molecule has 0 radical (unpaired) electrons. The maximum Gasteiger partial charge on any atom is 0.256 e. The first kappa shape index (κ1) is 20.4. The summed E-state index contributed by atoms with van der Waals surface area (Å²) in [6, 6.07) is 16.1. The van der Waals surface area contributed by atoms with Crippen molar-refractivity contribution in [3.05, 3.63) is 78.2 Å². The molecule has 2 aromatic carbocycles. The van der Waals surface area contributed by atoms with E-state index in [1.807, 2.05) is 49.8 Å². The number of anilines is 1. The summed E-state index contributed by atoms with van der Waals surface area (Å²) in [6.45, 7) is 2.17. The molecule has 6 heteroatoms. The number of benzene rings is 2. The van der Waals surface area contributed by atoms with Gasteiger partial charge in [-0.3, -0.25) is 9.48 Å². The fourth-order valence-corrected chi connectivity index (χ4v) is 4.41. The minimum atomic E-state index is -0.132. The van der Waals surface area contributed by atoms with Gasteiger partial charge in [-0.05, 0) is 79.0 Å². The van der Waals surface area contributed by atoms with Crippen molar-refractivity contribution in [2.24, 2.45) is 13.0 Å². The number of pyridine rings is 1. The summed E-state index contributed by atoms with van der Waals surface area (Å²) in [4.78, 5) is 17.4. The van der Waals surface area contributed by atoms with Gasteiger partial charge in [-0.15, -0.1) is 0 Å². The lowest BCUT2D eigenvalue weighted by Crippen LogP contribution is -2.28. The number of nitrogens with one attached hydrogen (secondary N) is 2. The summed E-state index contributed by atoms with van der Waals surface area (Å²) in [5.74, 6) is 1.10. The molecule has 5 rings (SSSR count). The minimum Gasteiger partial charge on any atom is -0.317 e. The van der Waals surface area contributed by atoms with Crippen LogP contribution in [0.5, 0.6) is 0 Å². The topological polar surface area (TPSA) is 71.8 Å². The van der Waals surface area contributed by atoms with E-state index in [-0.39, 0.29) is 5.91 Å². The second kappa shape index (κ2) is 8.93. The third-order valence-electron chi connectivity index (χ3n) is 6.17. The van der Waals surface area contributed by atoms with E-state index in [1.54, 1.807) is 10.9 Å². The number of aromatic nitrogens is 3. The van der Waals surface area contributed by atoms with Gasteiger partial charge in [0.2, 0.25) is 0 Å². The molecule has 32 heavy (non-hydrogen) atoms. The third kappa shape index (κ3) is 4.55. The highest BCUT2D eigenvalue weighted by Gasteiger charge is 2.15. The smallest absolute Gasteiger partial charge is 0.256 e. The van der Waals surface area contributed by atoms with E-state index >= 15 is 0 Å². The number of aryl methyl sites for hydroxylation is 1. The number of carbonyl (C=O) groups is 1. The van der Waals surface area contributed by atoms with Crippen molar-refractivity contribution < 1.29 is 4.79 Å². The van der Waals surface area contributed by atoms with Crippen molar-refractivity contribution in [2.45, 2.75) is 19.3 Å². The zero-order chi connectivity index (χ0) is 21.9. The first-order valence-electron chi connectivity index (χ1n) is 11.1. The number of amides is 1. The lowest BCUT2D eigenvalue weighted by atomic mass is 9.90. The van der Waals surface area contributed by atoms with Gasteiger partial charge in [-0.1, -0.05) is 24.3 Å². The van der Waals surface area contributed by atoms with Crippen LogP contribution in [-0.2, 0) is 13.5 Å². The molecule has 2 aromatic heterocycles. The average molecular weight is 426 g/mol. The Labute approximate surface area is 187 Å². The van der Waals surface area contributed by atoms with Gasteiger partial charge in [-0.2, -0.15) is 5.10 Å². The first-order valence-corrected chi connectivity index (χ1v) is 11.1. The fourth-order valence-electron chi connectivity index (χ4n) is 4.41. The molecular weight excluding hydrogens is 398 g/mol. The molecule has 0 aliphatic carbocycles. The Balaban J connectivity index is 1.33. The summed E-state index contributed by atoms with van der Waals surface area (Å²) in [7, 11) is 1.91. The highest BCUT2D eigenvalue weighted by atomic mass is 16.1. The molecule has 162 valence electrons. The van der Waals surface area contributed by atoms with Crippen LogP contribution in [0.3, 0.4) is 0 Å². The van der Waals surface area contributed by atoms with E-state index < -0.39 is 0 Å². The summed E-state index contributed by atoms with van der Waals surface area (Å²) in [5, 5.41) is 12.7. The van der Waals surface area contributed by atoms with Crippen molar-refractivity contribution in [1.29, 1.82) is 0 Å². The van der Waals surface area contributed by atoms with Gasteiger partial charge in [0, 0.05) is 36.0 Å². The molecule has 3 heterocycles. The van der Waals surface area contributed by atoms with E-state index in [9.17, 15) is 4.79 Å². The van der Waals surface area contributed by atoms with Gasteiger partial charge in [0.1, 0.15) is 5.82 Å². The second-order valence-electron chi connectivity index (χ2n) is 8.59. The van der Waals surface area contributed by atoms with Crippen LogP contribution < -0.4 is 10.6 Å². The van der Waals surface area contributed by atoms with Gasteiger partial charge in [0.25, 0.3) is 5.91 Å². The lowest BCUT2D eigenvalue weighted by Gasteiger charge is -2.22. The standard InChI is InChI=1S/C26H27N5O/c1-31-17-24(16-29-31)20-5-6-22-15-28-25(14-23(22)13-20)30-26(32)21-4-2-3-19(12-21)11-18-7-9-27-10-8-18/h2-6,12-18,27H,7-11H2,1H3,(H,28,30,32). The van der Waals surface area contributed by atoms with Crippen LogP contribution in [0.15, 0.2) is 67.1 Å². The van der Waals surface area contributed by atoms with Crippen LogP contribution in [-0.4, -0.2) is 33.8 Å². The third-order valence-corrected chi connectivity index (χ3v) is 6.17. The summed E-state index contributed by atoms with van der Waals surface area (Å²) < 4.78 is 1.79. The van der Waals surface area contributed by atoms with Crippen molar-refractivity contribution in [2.75, 3.05) is 18.4 Å². The van der Waals surface area contributed by atoms with Gasteiger partial charge < -0.3 is 10.6 Å². The van der Waals surface area contributed by atoms with Crippen LogP contribution in [0.1, 0.15) is 28.8 Å². The number of rotatable bonds is 5. The molecule has 1 saturated heterocycles. The molecule has 0 spiro atoms. The van der Waals surface area contributed by atoms with Crippen LogP contribution in [0.4, 0.5) is 5.82 Å². The number of hydrogen-bond acceptors (Lipinski definition) is 4. The van der Waals surface area contributed by atoms with E-state index in [0.717, 1.165) is 41.4 Å². The maximum absolute atomic E-state index is 12.9. The Kier molecular flexibility index (Phi) is 5.69.